The summed E-state index contributed by atoms with van der Waals surface area (Å²) in [6.07, 6.45) is 1.15. The van der Waals surface area contributed by atoms with Crippen LogP contribution < -0.4 is 20.2 Å². The maximum atomic E-state index is 12.0. The highest BCUT2D eigenvalue weighted by atomic mass is 79.9. The number of aryl methyl sites for hydroxylation is 1. The third kappa shape index (κ3) is 8.04. The number of carbonyl (C=O) groups excluding carboxylic acids is 2. The lowest BCUT2D eigenvalue weighted by molar-refractivity contribution is -0.126. The maximum Gasteiger partial charge on any atom is 0.249 e. The van der Waals surface area contributed by atoms with E-state index < -0.39 is 11.8 Å². The Bertz CT molecular complexity index is 1150. The molecule has 0 unspecified atom stereocenters. The summed E-state index contributed by atoms with van der Waals surface area (Å²) in [5.41, 5.74) is 5.83. The van der Waals surface area contributed by atoms with E-state index in [0.717, 1.165) is 15.6 Å². The normalized spacial score (nSPS) is 10.7. The predicted molar refractivity (Wildman–Crippen MR) is 136 cm³/mol. The van der Waals surface area contributed by atoms with Gasteiger partial charge in [-0.3, -0.25) is 9.59 Å². The molecule has 3 aromatic rings. The monoisotopic (exact) mass is 523 g/mol. The average molecular weight is 524 g/mol. The molecule has 0 aliphatic heterocycles. The fourth-order valence-electron chi connectivity index (χ4n) is 2.94. The van der Waals surface area contributed by atoms with E-state index in [9.17, 15) is 9.59 Å². The summed E-state index contributed by atoms with van der Waals surface area (Å²) in [5.74, 6) is 0.258. The van der Waals surface area contributed by atoms with Crippen LogP contribution in [0.2, 0.25) is 0 Å². The van der Waals surface area contributed by atoms with Gasteiger partial charge in [0.05, 0.1) is 12.8 Å². The van der Waals surface area contributed by atoms with Gasteiger partial charge in [-0.15, -0.1) is 0 Å². The number of hydrogen-bond acceptors (Lipinski definition) is 5. The number of rotatable bonds is 10. The van der Waals surface area contributed by atoms with Crippen LogP contribution in [0.4, 0.5) is 5.69 Å². The number of nitrogens with one attached hydrogen (secondary N) is 2. The van der Waals surface area contributed by atoms with E-state index in [1.54, 1.807) is 30.3 Å². The molecule has 0 aliphatic carbocycles. The van der Waals surface area contributed by atoms with Gasteiger partial charge in [-0.2, -0.15) is 5.10 Å². The smallest absolute Gasteiger partial charge is 0.249 e. The second kappa shape index (κ2) is 12.6. The number of amides is 2. The first-order valence-electron chi connectivity index (χ1n) is 10.8. The Labute approximate surface area is 207 Å². The Morgan fingerprint density at radius 2 is 1.68 bits per heavy atom. The van der Waals surface area contributed by atoms with Crippen LogP contribution in [0.1, 0.15) is 30.0 Å². The maximum absolute atomic E-state index is 12.0. The van der Waals surface area contributed by atoms with Crippen LogP contribution in [-0.4, -0.2) is 24.6 Å². The molecule has 0 atom stereocenters. The Morgan fingerprint density at radius 1 is 0.941 bits per heavy atom. The number of anilines is 1. The van der Waals surface area contributed by atoms with Crippen molar-refractivity contribution in [1.82, 2.24) is 5.43 Å². The Morgan fingerprint density at radius 3 is 2.38 bits per heavy atom. The number of nitrogens with zero attached hydrogens (tertiary/aromatic N) is 1. The molecule has 0 saturated carbocycles. The highest BCUT2D eigenvalue weighted by molar-refractivity contribution is 9.10. The zero-order valence-corrected chi connectivity index (χ0v) is 20.6. The minimum absolute atomic E-state index is 0.335. The van der Waals surface area contributed by atoms with Gasteiger partial charge in [-0.25, -0.2) is 5.43 Å². The summed E-state index contributed by atoms with van der Waals surface area (Å²) in [6.45, 7) is 4.73. The standard InChI is InChI=1S/C26H26BrN3O4/c1-3-33-24-14-20(8-13-23(24)34-17-19-6-9-21(27)10-7-19)16-28-30-26(32)15-25(31)29-22-11-4-18(2)5-12-22/h4-14,16H,3,15,17H2,1-2H3,(H,29,31)(H,30,32). The van der Waals surface area contributed by atoms with Crippen molar-refractivity contribution in [2.45, 2.75) is 26.9 Å². The molecule has 8 heteroatoms. The number of hydrazone groups is 1. The molecule has 34 heavy (non-hydrogen) atoms. The SMILES string of the molecule is CCOc1cc(C=NNC(=O)CC(=O)Nc2ccc(C)cc2)ccc1OCc1ccc(Br)cc1. The van der Waals surface area contributed by atoms with E-state index in [1.165, 1.54) is 6.21 Å². The zero-order valence-electron chi connectivity index (χ0n) is 19.0. The summed E-state index contributed by atoms with van der Waals surface area (Å²) in [5, 5.41) is 6.62. The van der Waals surface area contributed by atoms with E-state index in [-0.39, 0.29) is 6.42 Å². The van der Waals surface area contributed by atoms with Crippen LogP contribution in [0, 0.1) is 6.92 Å². The molecule has 2 N–H and O–H groups in total. The van der Waals surface area contributed by atoms with Crippen molar-refractivity contribution in [1.29, 1.82) is 0 Å². The molecule has 0 aromatic heterocycles. The summed E-state index contributed by atoms with van der Waals surface area (Å²) in [4.78, 5) is 24.0. The first-order valence-corrected chi connectivity index (χ1v) is 11.5. The molecular weight excluding hydrogens is 498 g/mol. The van der Waals surface area contributed by atoms with E-state index in [4.69, 9.17) is 9.47 Å². The van der Waals surface area contributed by atoms with Gasteiger partial charge in [0.2, 0.25) is 11.8 Å². The molecule has 2 amide bonds. The molecule has 176 valence electrons. The molecular formula is C26H26BrN3O4. The predicted octanol–water partition coefficient (Wildman–Crippen LogP) is 5.21. The van der Waals surface area contributed by atoms with E-state index in [2.05, 4.69) is 31.8 Å². The number of carbonyl (C=O) groups is 2. The first kappa shape index (κ1) is 25.0. The van der Waals surface area contributed by atoms with Gasteiger partial charge >= 0.3 is 0 Å². The first-order chi connectivity index (χ1) is 16.4. The Kier molecular flexibility index (Phi) is 9.22. The summed E-state index contributed by atoms with van der Waals surface area (Å²) in [6, 6.07) is 20.6. The van der Waals surface area contributed by atoms with Gasteiger partial charge in [0.1, 0.15) is 13.0 Å². The van der Waals surface area contributed by atoms with Crippen molar-refractivity contribution in [2.75, 3.05) is 11.9 Å². The lowest BCUT2D eigenvalue weighted by Gasteiger charge is -2.12. The van der Waals surface area contributed by atoms with Crippen LogP contribution in [0.5, 0.6) is 11.5 Å². The fourth-order valence-corrected chi connectivity index (χ4v) is 3.20. The molecule has 0 heterocycles. The van der Waals surface area contributed by atoms with Crippen molar-refractivity contribution in [2.24, 2.45) is 5.10 Å². The van der Waals surface area contributed by atoms with E-state index in [0.29, 0.717) is 36.0 Å². The second-order valence-electron chi connectivity index (χ2n) is 7.44. The third-order valence-electron chi connectivity index (χ3n) is 4.63. The van der Waals surface area contributed by atoms with Gasteiger partial charge < -0.3 is 14.8 Å². The van der Waals surface area contributed by atoms with Crippen LogP contribution in [0.3, 0.4) is 0 Å². The number of hydrogen-bond donors (Lipinski definition) is 2. The van der Waals surface area contributed by atoms with Crippen molar-refractivity contribution >= 4 is 39.6 Å². The molecule has 3 aromatic carbocycles. The summed E-state index contributed by atoms with van der Waals surface area (Å²) >= 11 is 3.42. The fraction of sp³-hybridized carbons (Fsp3) is 0.192. The summed E-state index contributed by atoms with van der Waals surface area (Å²) in [7, 11) is 0. The van der Waals surface area contributed by atoms with E-state index in [1.807, 2.05) is 50.2 Å². The summed E-state index contributed by atoms with van der Waals surface area (Å²) < 4.78 is 12.6. The molecule has 3 rings (SSSR count). The molecule has 7 nitrogen and oxygen atoms in total. The van der Waals surface area contributed by atoms with Gasteiger partial charge in [0.25, 0.3) is 0 Å². The minimum Gasteiger partial charge on any atom is -0.490 e. The molecule has 0 spiro atoms. The van der Waals surface area contributed by atoms with Crippen molar-refractivity contribution in [3.63, 3.8) is 0 Å². The minimum atomic E-state index is -0.514. The van der Waals surface area contributed by atoms with Gasteiger partial charge in [-0.1, -0.05) is 45.8 Å². The van der Waals surface area contributed by atoms with Gasteiger partial charge in [0, 0.05) is 10.2 Å². The Balaban J connectivity index is 1.53. The quantitative estimate of drug-likeness (QED) is 0.216. The van der Waals surface area contributed by atoms with Crippen molar-refractivity contribution < 1.29 is 19.1 Å². The lowest BCUT2D eigenvalue weighted by atomic mass is 10.2. The van der Waals surface area contributed by atoms with Crippen LogP contribution in [0.25, 0.3) is 0 Å². The van der Waals surface area contributed by atoms with Gasteiger partial charge in [0.15, 0.2) is 11.5 Å². The average Bonchev–Trinajstić information content (AvgIpc) is 2.81. The van der Waals surface area contributed by atoms with Gasteiger partial charge in [-0.05, 0) is 67.4 Å². The number of benzene rings is 3. The molecule has 0 saturated heterocycles. The van der Waals surface area contributed by atoms with Crippen molar-refractivity contribution in [3.05, 3.63) is 87.9 Å². The topological polar surface area (TPSA) is 89.0 Å². The van der Waals surface area contributed by atoms with Crippen LogP contribution in [0.15, 0.2) is 76.3 Å². The number of halogens is 1. The molecule has 0 fully saturated rings. The molecule has 0 radical (unpaired) electrons. The highest BCUT2D eigenvalue weighted by Crippen LogP contribution is 2.29. The molecule has 0 aliphatic rings. The third-order valence-corrected chi connectivity index (χ3v) is 5.16. The second-order valence-corrected chi connectivity index (χ2v) is 8.35. The van der Waals surface area contributed by atoms with Crippen LogP contribution >= 0.6 is 15.9 Å². The Hall–Kier alpha value is -3.65. The van der Waals surface area contributed by atoms with E-state index >= 15 is 0 Å². The largest absolute Gasteiger partial charge is 0.490 e. The zero-order chi connectivity index (χ0) is 24.3. The van der Waals surface area contributed by atoms with Crippen molar-refractivity contribution in [3.8, 4) is 11.5 Å². The number of ether oxygens (including phenoxy) is 2. The highest BCUT2D eigenvalue weighted by Gasteiger charge is 2.10. The van der Waals surface area contributed by atoms with Crippen LogP contribution in [-0.2, 0) is 16.2 Å². The molecule has 0 bridgehead atoms. The lowest BCUT2D eigenvalue weighted by Crippen LogP contribution is -2.24.